The van der Waals surface area contributed by atoms with Crippen molar-refractivity contribution < 1.29 is 23.3 Å². The van der Waals surface area contributed by atoms with Gasteiger partial charge in [-0.3, -0.25) is 9.00 Å². The van der Waals surface area contributed by atoms with E-state index in [0.29, 0.717) is 16.1 Å². The van der Waals surface area contributed by atoms with Gasteiger partial charge in [0.15, 0.2) is 0 Å². The fourth-order valence-electron chi connectivity index (χ4n) is 2.60. The van der Waals surface area contributed by atoms with Gasteiger partial charge in [0.25, 0.3) is 5.91 Å². The van der Waals surface area contributed by atoms with Gasteiger partial charge >= 0.3 is 5.97 Å². The van der Waals surface area contributed by atoms with Crippen LogP contribution in [0.1, 0.15) is 20.7 Å². The number of amides is 1. The third-order valence-corrected chi connectivity index (χ3v) is 6.01. The molecule has 0 saturated heterocycles. The molecule has 1 unspecified atom stereocenters. The van der Waals surface area contributed by atoms with Crippen molar-refractivity contribution in [3.63, 3.8) is 0 Å². The van der Waals surface area contributed by atoms with Crippen molar-refractivity contribution in [2.24, 2.45) is 0 Å². The zero-order chi connectivity index (χ0) is 20.4. The summed E-state index contributed by atoms with van der Waals surface area (Å²) in [6, 6.07) is 9.97. The van der Waals surface area contributed by atoms with Crippen LogP contribution in [0.4, 0.5) is 9.39 Å². The molecule has 144 valence electrons. The topological polar surface area (TPSA) is 83.5 Å². The first-order valence-corrected chi connectivity index (χ1v) is 10.6. The minimum absolute atomic E-state index is 0.0868. The maximum Gasteiger partial charge on any atom is 0.339 e. The Kier molecular flexibility index (Phi) is 5.93. The number of nitrogens with one attached hydrogen (secondary N) is 1. The van der Waals surface area contributed by atoms with Gasteiger partial charge in [0.05, 0.1) is 21.3 Å². The first-order chi connectivity index (χ1) is 13.3. The van der Waals surface area contributed by atoms with Gasteiger partial charge in [-0.25, -0.2) is 9.18 Å². The van der Waals surface area contributed by atoms with Gasteiger partial charge in [0.1, 0.15) is 16.4 Å². The van der Waals surface area contributed by atoms with Crippen LogP contribution >= 0.6 is 22.9 Å². The van der Waals surface area contributed by atoms with E-state index in [4.69, 9.17) is 11.6 Å². The van der Waals surface area contributed by atoms with Crippen molar-refractivity contribution in [2.45, 2.75) is 4.90 Å². The number of carbonyl (C=O) groups is 2. The van der Waals surface area contributed by atoms with Crippen molar-refractivity contribution in [1.29, 1.82) is 0 Å². The zero-order valence-corrected chi connectivity index (χ0v) is 16.8. The fourth-order valence-corrected chi connectivity index (χ4v) is 4.41. The van der Waals surface area contributed by atoms with Crippen LogP contribution in [-0.2, 0) is 10.8 Å². The molecule has 1 amide bonds. The van der Waals surface area contributed by atoms with E-state index in [1.54, 1.807) is 29.6 Å². The number of hydrogen-bond donors (Lipinski definition) is 2. The van der Waals surface area contributed by atoms with Crippen LogP contribution in [0, 0.1) is 5.82 Å². The monoisotopic (exact) mass is 437 g/mol. The Morgan fingerprint density at radius 3 is 2.46 bits per heavy atom. The molecular weight excluding hydrogens is 425 g/mol. The number of thiophene rings is 1. The van der Waals surface area contributed by atoms with Crippen LogP contribution in [-0.4, -0.2) is 27.4 Å². The van der Waals surface area contributed by atoms with Crippen LogP contribution in [0.15, 0.2) is 52.7 Å². The van der Waals surface area contributed by atoms with Gasteiger partial charge < -0.3 is 10.4 Å². The Bertz CT molecular complexity index is 1100. The van der Waals surface area contributed by atoms with Gasteiger partial charge in [0.2, 0.25) is 0 Å². The van der Waals surface area contributed by atoms with Crippen molar-refractivity contribution >= 4 is 50.6 Å². The predicted octanol–water partition coefficient (Wildman–Crippen LogP) is 4.90. The Labute approximate surface area is 171 Å². The fraction of sp³-hybridized carbons (Fsp3) is 0.0526. The number of hydrogen-bond acceptors (Lipinski definition) is 4. The summed E-state index contributed by atoms with van der Waals surface area (Å²) in [6.07, 6.45) is 1.37. The lowest BCUT2D eigenvalue weighted by molar-refractivity contribution is 0.0699. The number of carboxylic acid groups (broad SMARTS) is 1. The van der Waals surface area contributed by atoms with Crippen LogP contribution in [0.3, 0.4) is 0 Å². The molecular formula is C19H13ClFNO4S2. The summed E-state index contributed by atoms with van der Waals surface area (Å²) in [5.41, 5.74) is 0.845. The van der Waals surface area contributed by atoms with Gasteiger partial charge in [-0.1, -0.05) is 23.7 Å². The van der Waals surface area contributed by atoms with E-state index in [-0.39, 0.29) is 21.0 Å². The number of rotatable bonds is 5. The number of anilines is 1. The third-order valence-electron chi connectivity index (χ3n) is 3.88. The van der Waals surface area contributed by atoms with Crippen molar-refractivity contribution in [3.8, 4) is 11.1 Å². The second-order valence-corrected chi connectivity index (χ2v) is 8.38. The minimum Gasteiger partial charge on any atom is -0.478 e. The van der Waals surface area contributed by atoms with Gasteiger partial charge in [-0.15, -0.1) is 11.3 Å². The van der Waals surface area contributed by atoms with E-state index in [1.165, 1.54) is 12.3 Å². The smallest absolute Gasteiger partial charge is 0.339 e. The molecule has 1 aromatic heterocycles. The molecule has 0 fully saturated rings. The molecule has 0 aliphatic carbocycles. The van der Waals surface area contributed by atoms with Crippen molar-refractivity contribution in [3.05, 3.63) is 69.8 Å². The molecule has 0 bridgehead atoms. The molecule has 0 spiro atoms. The van der Waals surface area contributed by atoms with Crippen LogP contribution in [0.5, 0.6) is 0 Å². The highest BCUT2D eigenvalue weighted by Crippen LogP contribution is 2.36. The maximum absolute atomic E-state index is 13.6. The summed E-state index contributed by atoms with van der Waals surface area (Å²) < 4.78 is 25.4. The van der Waals surface area contributed by atoms with E-state index < -0.39 is 28.5 Å². The highest BCUT2D eigenvalue weighted by Gasteiger charge is 2.23. The van der Waals surface area contributed by atoms with E-state index in [2.05, 4.69) is 5.32 Å². The Morgan fingerprint density at radius 2 is 1.86 bits per heavy atom. The largest absolute Gasteiger partial charge is 0.478 e. The molecule has 3 aromatic rings. The van der Waals surface area contributed by atoms with Crippen LogP contribution < -0.4 is 5.32 Å². The van der Waals surface area contributed by atoms with E-state index in [0.717, 1.165) is 23.5 Å². The molecule has 0 saturated carbocycles. The molecule has 2 N–H and O–H groups in total. The summed E-state index contributed by atoms with van der Waals surface area (Å²) >= 11 is 6.90. The molecule has 0 aliphatic heterocycles. The molecule has 3 rings (SSSR count). The van der Waals surface area contributed by atoms with Crippen molar-refractivity contribution in [2.75, 3.05) is 11.6 Å². The van der Waals surface area contributed by atoms with Crippen LogP contribution in [0.25, 0.3) is 11.1 Å². The summed E-state index contributed by atoms with van der Waals surface area (Å²) in [5, 5.41) is 14.4. The summed E-state index contributed by atoms with van der Waals surface area (Å²) in [5.74, 6) is -2.62. The SMILES string of the molecule is CS(=O)c1ccc(F)cc1C(=O)Nc1scc(-c2ccc(Cl)cc2)c1C(=O)O. The lowest BCUT2D eigenvalue weighted by atomic mass is 10.0. The van der Waals surface area contributed by atoms with Gasteiger partial charge in [-0.2, -0.15) is 0 Å². The molecule has 2 aromatic carbocycles. The van der Waals surface area contributed by atoms with E-state index >= 15 is 0 Å². The lowest BCUT2D eigenvalue weighted by Gasteiger charge is -2.09. The number of aromatic carboxylic acids is 1. The molecule has 0 radical (unpaired) electrons. The zero-order valence-electron chi connectivity index (χ0n) is 14.4. The standard InChI is InChI=1S/C19H13ClFNO4S2/c1-28(26)15-7-6-12(21)8-13(15)17(23)22-18-16(19(24)25)14(9-27-18)10-2-4-11(20)5-3-10/h2-9H,1H3,(H,22,23)(H,24,25). The predicted molar refractivity (Wildman–Crippen MR) is 108 cm³/mol. The molecule has 1 atom stereocenters. The summed E-state index contributed by atoms with van der Waals surface area (Å²) in [6.45, 7) is 0. The number of carbonyl (C=O) groups excluding carboxylic acids is 1. The van der Waals surface area contributed by atoms with E-state index in [1.807, 2.05) is 0 Å². The molecule has 5 nitrogen and oxygen atoms in total. The lowest BCUT2D eigenvalue weighted by Crippen LogP contribution is -2.16. The maximum atomic E-state index is 13.6. The Hall–Kier alpha value is -2.55. The second kappa shape index (κ2) is 8.22. The van der Waals surface area contributed by atoms with Crippen LogP contribution in [0.2, 0.25) is 5.02 Å². The Balaban J connectivity index is 2.01. The molecule has 0 aliphatic rings. The number of benzene rings is 2. The molecule has 28 heavy (non-hydrogen) atoms. The first kappa shape index (κ1) is 20.2. The average molecular weight is 438 g/mol. The van der Waals surface area contributed by atoms with Gasteiger partial charge in [-0.05, 0) is 35.9 Å². The average Bonchev–Trinajstić information content (AvgIpc) is 3.05. The Morgan fingerprint density at radius 1 is 1.18 bits per heavy atom. The number of halogens is 2. The van der Waals surface area contributed by atoms with Crippen molar-refractivity contribution in [1.82, 2.24) is 0 Å². The second-order valence-electron chi connectivity index (χ2n) is 5.71. The third kappa shape index (κ3) is 4.14. The highest BCUT2D eigenvalue weighted by molar-refractivity contribution is 7.84. The summed E-state index contributed by atoms with van der Waals surface area (Å²) in [7, 11) is -1.52. The quantitative estimate of drug-likeness (QED) is 0.595. The van der Waals surface area contributed by atoms with Gasteiger partial charge in [0, 0.05) is 22.2 Å². The number of carboxylic acids is 1. The molecule has 9 heteroatoms. The first-order valence-electron chi connectivity index (χ1n) is 7.83. The highest BCUT2D eigenvalue weighted by atomic mass is 35.5. The summed E-state index contributed by atoms with van der Waals surface area (Å²) in [4.78, 5) is 24.6. The normalized spacial score (nSPS) is 11.8. The minimum atomic E-state index is -1.52. The van der Waals surface area contributed by atoms with E-state index in [9.17, 15) is 23.3 Å². The molecule has 1 heterocycles.